The van der Waals surface area contributed by atoms with Gasteiger partial charge in [-0.2, -0.15) is 0 Å². The minimum atomic E-state index is -2.66. The molecule has 74 valence electrons. The molecule has 0 unspecified atom stereocenters. The second-order valence-electron chi connectivity index (χ2n) is 2.48. The quantitative estimate of drug-likeness (QED) is 0.718. The fourth-order valence-corrected chi connectivity index (χ4v) is 1.30. The third kappa shape index (κ3) is 4.07. The van der Waals surface area contributed by atoms with Crippen molar-refractivity contribution in [1.29, 1.82) is 0 Å². The first-order valence-corrected chi connectivity index (χ1v) is 4.30. The molecule has 5 heteroatoms. The highest BCUT2D eigenvalue weighted by molar-refractivity contribution is 8.07. The fourth-order valence-electron chi connectivity index (χ4n) is 0.598. The number of halogens is 2. The van der Waals surface area contributed by atoms with Gasteiger partial charge in [-0.25, -0.2) is 8.78 Å². The fraction of sp³-hybridized carbons (Fsp3) is 0.375. The molecule has 0 saturated carbocycles. The predicted molar refractivity (Wildman–Crippen MR) is 50.3 cm³/mol. The number of nitrogens with two attached hydrogens (primary N) is 1. The maximum atomic E-state index is 12.2. The number of carbonyl (C=O) groups is 1. The standard InChI is InChI=1S/C8H11F2NOS/c1-4(2)13-6(8(11)12)5(3)7(9)10/h7H,1H2,2-3H3,(H2,11,12)/b6-5+. The first kappa shape index (κ1) is 12.2. The van der Waals surface area contributed by atoms with E-state index in [1.807, 2.05) is 0 Å². The van der Waals surface area contributed by atoms with Gasteiger partial charge in [-0.15, -0.1) is 0 Å². The van der Waals surface area contributed by atoms with Crippen LogP contribution in [0, 0.1) is 0 Å². The van der Waals surface area contributed by atoms with Gasteiger partial charge in [0.2, 0.25) is 0 Å². The van der Waals surface area contributed by atoms with E-state index in [0.29, 0.717) is 4.91 Å². The van der Waals surface area contributed by atoms with E-state index in [9.17, 15) is 13.6 Å². The molecule has 13 heavy (non-hydrogen) atoms. The Balaban J connectivity index is 4.89. The third-order valence-corrected chi connectivity index (χ3v) is 2.26. The van der Waals surface area contributed by atoms with Gasteiger partial charge in [0.15, 0.2) is 0 Å². The second-order valence-corrected chi connectivity index (χ2v) is 3.79. The molecule has 0 heterocycles. The molecule has 0 bridgehead atoms. The lowest BCUT2D eigenvalue weighted by Crippen LogP contribution is -2.15. The summed E-state index contributed by atoms with van der Waals surface area (Å²) in [6.07, 6.45) is -2.66. The van der Waals surface area contributed by atoms with Gasteiger partial charge in [0.05, 0.1) is 4.91 Å². The molecule has 0 rings (SSSR count). The number of carbonyl (C=O) groups excluding carboxylic acids is 1. The van der Waals surface area contributed by atoms with Crippen LogP contribution in [0.3, 0.4) is 0 Å². The molecule has 0 aromatic rings. The normalized spacial score (nSPS) is 12.7. The summed E-state index contributed by atoms with van der Waals surface area (Å²) >= 11 is 0.875. The summed E-state index contributed by atoms with van der Waals surface area (Å²) in [5.74, 6) is -0.842. The van der Waals surface area contributed by atoms with Crippen molar-refractivity contribution in [1.82, 2.24) is 0 Å². The van der Waals surface area contributed by atoms with Crippen LogP contribution in [0.25, 0.3) is 0 Å². The Bertz CT molecular complexity index is 261. The van der Waals surface area contributed by atoms with Gasteiger partial charge in [0, 0.05) is 5.57 Å². The lowest BCUT2D eigenvalue weighted by atomic mass is 10.3. The zero-order chi connectivity index (χ0) is 10.6. The van der Waals surface area contributed by atoms with Crippen LogP contribution in [0.4, 0.5) is 8.78 Å². The molecule has 0 aromatic carbocycles. The molecule has 0 aromatic heterocycles. The highest BCUT2D eigenvalue weighted by Crippen LogP contribution is 2.28. The summed E-state index contributed by atoms with van der Waals surface area (Å²) in [7, 11) is 0. The minimum absolute atomic E-state index is 0.123. The number of hydrogen-bond acceptors (Lipinski definition) is 2. The molecule has 0 aliphatic carbocycles. The Hall–Kier alpha value is -0.840. The molecule has 0 radical (unpaired) electrons. The van der Waals surface area contributed by atoms with E-state index >= 15 is 0 Å². The number of thioether (sulfide) groups is 1. The van der Waals surface area contributed by atoms with Crippen molar-refractivity contribution >= 4 is 17.7 Å². The maximum absolute atomic E-state index is 12.2. The topological polar surface area (TPSA) is 43.1 Å². The third-order valence-electron chi connectivity index (χ3n) is 1.19. The van der Waals surface area contributed by atoms with E-state index in [0.717, 1.165) is 11.8 Å². The Morgan fingerprint density at radius 3 is 2.15 bits per heavy atom. The number of alkyl halides is 2. The van der Waals surface area contributed by atoms with Crippen LogP contribution >= 0.6 is 11.8 Å². The van der Waals surface area contributed by atoms with Gasteiger partial charge < -0.3 is 5.73 Å². The smallest absolute Gasteiger partial charge is 0.261 e. The van der Waals surface area contributed by atoms with Gasteiger partial charge in [-0.1, -0.05) is 18.3 Å². The molecule has 0 fully saturated rings. The number of rotatable bonds is 4. The van der Waals surface area contributed by atoms with Crippen LogP contribution in [0.5, 0.6) is 0 Å². The number of allylic oxidation sites excluding steroid dienone is 2. The van der Waals surface area contributed by atoms with Crippen LogP contribution < -0.4 is 5.73 Å². The Morgan fingerprint density at radius 2 is 1.92 bits per heavy atom. The second kappa shape index (κ2) is 5.01. The molecule has 0 aliphatic heterocycles. The average molecular weight is 207 g/mol. The lowest BCUT2D eigenvalue weighted by Gasteiger charge is -2.07. The van der Waals surface area contributed by atoms with Gasteiger partial charge in [0.25, 0.3) is 12.3 Å². The van der Waals surface area contributed by atoms with E-state index in [4.69, 9.17) is 5.73 Å². The van der Waals surface area contributed by atoms with Crippen LogP contribution in [0.15, 0.2) is 22.0 Å². The van der Waals surface area contributed by atoms with Crippen LogP contribution in [-0.2, 0) is 4.79 Å². The molecule has 2 N–H and O–H groups in total. The van der Waals surface area contributed by atoms with Gasteiger partial charge >= 0.3 is 0 Å². The van der Waals surface area contributed by atoms with E-state index < -0.39 is 12.3 Å². The molecule has 2 nitrogen and oxygen atoms in total. The Labute approximate surface area is 79.9 Å². The van der Waals surface area contributed by atoms with Crippen molar-refractivity contribution in [3.63, 3.8) is 0 Å². The van der Waals surface area contributed by atoms with Crippen molar-refractivity contribution < 1.29 is 13.6 Å². The predicted octanol–water partition coefficient (Wildman–Crippen LogP) is 2.28. The van der Waals surface area contributed by atoms with E-state index in [2.05, 4.69) is 6.58 Å². The first-order chi connectivity index (χ1) is 5.86. The summed E-state index contributed by atoms with van der Waals surface area (Å²) < 4.78 is 24.4. The number of hydrogen-bond donors (Lipinski definition) is 1. The van der Waals surface area contributed by atoms with E-state index in [1.165, 1.54) is 6.92 Å². The highest BCUT2D eigenvalue weighted by Gasteiger charge is 2.16. The van der Waals surface area contributed by atoms with Crippen molar-refractivity contribution in [2.75, 3.05) is 0 Å². The molecule has 0 aliphatic rings. The molecular weight excluding hydrogens is 196 g/mol. The maximum Gasteiger partial charge on any atom is 0.261 e. The van der Waals surface area contributed by atoms with Gasteiger partial charge in [-0.05, 0) is 18.8 Å². The molecule has 0 spiro atoms. The van der Waals surface area contributed by atoms with Crippen molar-refractivity contribution in [3.05, 3.63) is 22.0 Å². The summed E-state index contributed by atoms with van der Waals surface area (Å²) in [4.78, 5) is 11.2. The zero-order valence-electron chi connectivity index (χ0n) is 7.43. The van der Waals surface area contributed by atoms with Gasteiger partial charge in [-0.3, -0.25) is 4.79 Å². The number of primary amides is 1. The van der Waals surface area contributed by atoms with Crippen LogP contribution in [0.1, 0.15) is 13.8 Å². The number of amides is 1. The van der Waals surface area contributed by atoms with E-state index in [-0.39, 0.29) is 10.5 Å². The first-order valence-electron chi connectivity index (χ1n) is 3.48. The SMILES string of the molecule is C=C(C)S/C(C(N)=O)=C(\C)C(F)F. The molecule has 1 amide bonds. The van der Waals surface area contributed by atoms with Crippen LogP contribution in [-0.4, -0.2) is 12.3 Å². The highest BCUT2D eigenvalue weighted by atomic mass is 32.2. The molecule has 0 saturated heterocycles. The van der Waals surface area contributed by atoms with E-state index in [1.54, 1.807) is 6.92 Å². The molecule has 0 atom stereocenters. The Kier molecular flexibility index (Phi) is 4.69. The van der Waals surface area contributed by atoms with Crippen molar-refractivity contribution in [2.45, 2.75) is 20.3 Å². The van der Waals surface area contributed by atoms with Crippen molar-refractivity contribution in [2.24, 2.45) is 5.73 Å². The monoisotopic (exact) mass is 207 g/mol. The Morgan fingerprint density at radius 1 is 1.46 bits per heavy atom. The van der Waals surface area contributed by atoms with Gasteiger partial charge in [0.1, 0.15) is 0 Å². The summed E-state index contributed by atoms with van der Waals surface area (Å²) in [6, 6.07) is 0. The lowest BCUT2D eigenvalue weighted by molar-refractivity contribution is -0.114. The van der Waals surface area contributed by atoms with Crippen molar-refractivity contribution in [3.8, 4) is 0 Å². The molecular formula is C8H11F2NOS. The average Bonchev–Trinajstić information content (AvgIpc) is 1.97. The zero-order valence-corrected chi connectivity index (χ0v) is 8.25. The summed E-state index contributed by atoms with van der Waals surface area (Å²) in [5.41, 5.74) is 4.63. The minimum Gasteiger partial charge on any atom is -0.365 e. The van der Waals surface area contributed by atoms with Crippen LogP contribution in [0.2, 0.25) is 0 Å². The summed E-state index contributed by atoms with van der Waals surface area (Å²) in [5, 5.41) is 0. The summed E-state index contributed by atoms with van der Waals surface area (Å²) in [6.45, 7) is 6.29. The largest absolute Gasteiger partial charge is 0.365 e.